The second kappa shape index (κ2) is 4.40. The Hall–Kier alpha value is -0.420. The molecule has 0 aromatic rings. The fourth-order valence-electron chi connectivity index (χ4n) is 0.847. The van der Waals surface area contributed by atoms with Crippen molar-refractivity contribution in [3.63, 3.8) is 0 Å². The average molecular weight is 324 g/mol. The topological polar surface area (TPSA) is 43.4 Å². The Kier molecular flexibility index (Phi) is 3.66. The van der Waals surface area contributed by atoms with Gasteiger partial charge in [0.2, 0.25) is 0 Å². The molecule has 0 unspecified atom stereocenters. The molecular weight excluding hydrogens is 316 g/mol. The summed E-state index contributed by atoms with van der Waals surface area (Å²) in [6.45, 7) is 1.69. The van der Waals surface area contributed by atoms with E-state index in [1.807, 2.05) is 0 Å². The lowest BCUT2D eigenvalue weighted by Crippen LogP contribution is -2.30. The van der Waals surface area contributed by atoms with Crippen molar-refractivity contribution in [2.75, 3.05) is 0 Å². The molecule has 0 radical (unpaired) electrons. The Labute approximate surface area is 98.4 Å². The standard InChI is InChI=1S/C9H8Br2O3/c1-2-8(13)14-7-5-3-4-6(12)9(7,10)11/h3-5H,2H2,1H3. The number of hydrogen-bond donors (Lipinski definition) is 0. The van der Waals surface area contributed by atoms with E-state index in [4.69, 9.17) is 4.74 Å². The molecule has 0 spiro atoms. The molecule has 0 aromatic carbocycles. The lowest BCUT2D eigenvalue weighted by Gasteiger charge is -2.22. The highest BCUT2D eigenvalue weighted by molar-refractivity contribution is 9.26. The molecule has 0 fully saturated rings. The van der Waals surface area contributed by atoms with Crippen molar-refractivity contribution in [3.05, 3.63) is 24.0 Å². The van der Waals surface area contributed by atoms with Gasteiger partial charge in [-0.3, -0.25) is 9.59 Å². The van der Waals surface area contributed by atoms with E-state index in [2.05, 4.69) is 31.9 Å². The third-order valence-corrected chi connectivity index (χ3v) is 3.19. The first-order valence-corrected chi connectivity index (χ1v) is 5.59. The van der Waals surface area contributed by atoms with E-state index >= 15 is 0 Å². The Morgan fingerprint density at radius 2 is 2.21 bits per heavy atom. The van der Waals surface area contributed by atoms with Crippen LogP contribution in [0.3, 0.4) is 0 Å². The molecule has 0 aromatic heterocycles. The highest BCUT2D eigenvalue weighted by atomic mass is 79.9. The van der Waals surface area contributed by atoms with Gasteiger partial charge in [0.1, 0.15) is 5.76 Å². The Morgan fingerprint density at radius 1 is 1.57 bits per heavy atom. The molecule has 3 nitrogen and oxygen atoms in total. The molecule has 0 amide bonds. The Morgan fingerprint density at radius 3 is 2.79 bits per heavy atom. The van der Waals surface area contributed by atoms with Gasteiger partial charge in [-0.1, -0.05) is 44.9 Å². The first-order valence-electron chi connectivity index (χ1n) is 4.00. The number of carbonyl (C=O) groups excluding carboxylic acids is 2. The minimum atomic E-state index is -1.10. The molecule has 0 N–H and O–H groups in total. The van der Waals surface area contributed by atoms with Crippen LogP contribution in [0.25, 0.3) is 0 Å². The molecule has 76 valence electrons. The number of alkyl halides is 2. The quantitative estimate of drug-likeness (QED) is 0.579. The Bertz CT molecular complexity index is 329. The molecular formula is C9H8Br2O3. The van der Waals surface area contributed by atoms with Crippen molar-refractivity contribution in [2.24, 2.45) is 0 Å². The van der Waals surface area contributed by atoms with Crippen LogP contribution in [0.15, 0.2) is 24.0 Å². The molecule has 0 aliphatic heterocycles. The number of esters is 1. The summed E-state index contributed by atoms with van der Waals surface area (Å²) in [6.07, 6.45) is 4.78. The van der Waals surface area contributed by atoms with Crippen molar-refractivity contribution in [1.29, 1.82) is 0 Å². The van der Waals surface area contributed by atoms with Crippen molar-refractivity contribution in [2.45, 2.75) is 16.6 Å². The summed E-state index contributed by atoms with van der Waals surface area (Å²) in [5, 5.41) is 0. The largest absolute Gasteiger partial charge is 0.428 e. The summed E-state index contributed by atoms with van der Waals surface area (Å²) in [5.41, 5.74) is 0. The van der Waals surface area contributed by atoms with Crippen molar-refractivity contribution in [3.8, 4) is 0 Å². The summed E-state index contributed by atoms with van der Waals surface area (Å²) in [5.74, 6) is -0.321. The number of halogens is 2. The van der Waals surface area contributed by atoms with Crippen LogP contribution in [0.4, 0.5) is 0 Å². The first-order chi connectivity index (χ1) is 6.48. The molecule has 5 heteroatoms. The van der Waals surface area contributed by atoms with Gasteiger partial charge >= 0.3 is 5.97 Å². The predicted octanol–water partition coefficient (Wildman–Crippen LogP) is 2.45. The second-order valence-corrected chi connectivity index (χ2v) is 6.10. The molecule has 0 atom stereocenters. The molecule has 0 heterocycles. The van der Waals surface area contributed by atoms with Gasteiger partial charge in [-0.2, -0.15) is 0 Å². The summed E-state index contributed by atoms with van der Waals surface area (Å²) in [6, 6.07) is 0. The monoisotopic (exact) mass is 322 g/mol. The van der Waals surface area contributed by atoms with Gasteiger partial charge < -0.3 is 4.74 Å². The zero-order valence-corrected chi connectivity index (χ0v) is 10.6. The molecule has 0 bridgehead atoms. The SMILES string of the molecule is CCC(=O)OC1=CC=CC(=O)C1(Br)Br. The van der Waals surface area contributed by atoms with E-state index in [-0.39, 0.29) is 23.9 Å². The number of ether oxygens (including phenoxy) is 1. The zero-order valence-electron chi connectivity index (χ0n) is 7.42. The van der Waals surface area contributed by atoms with Gasteiger partial charge in [0.25, 0.3) is 0 Å². The van der Waals surface area contributed by atoms with Crippen LogP contribution in [-0.2, 0) is 14.3 Å². The van der Waals surface area contributed by atoms with E-state index in [1.165, 1.54) is 6.08 Å². The summed E-state index contributed by atoms with van der Waals surface area (Å²) < 4.78 is 3.88. The molecule has 1 aliphatic rings. The maximum Gasteiger partial charge on any atom is 0.310 e. The van der Waals surface area contributed by atoms with Crippen molar-refractivity contribution in [1.82, 2.24) is 0 Å². The first kappa shape index (κ1) is 11.7. The smallest absolute Gasteiger partial charge is 0.310 e. The molecule has 1 aliphatic carbocycles. The predicted molar refractivity (Wildman–Crippen MR) is 59.2 cm³/mol. The van der Waals surface area contributed by atoms with Crippen LogP contribution in [0.2, 0.25) is 0 Å². The fourth-order valence-corrected chi connectivity index (χ4v) is 1.54. The van der Waals surface area contributed by atoms with Crippen molar-refractivity contribution >= 4 is 43.6 Å². The fraction of sp³-hybridized carbons (Fsp3) is 0.333. The average Bonchev–Trinajstić information content (AvgIpc) is 2.13. The second-order valence-electron chi connectivity index (χ2n) is 2.66. The highest BCUT2D eigenvalue weighted by Gasteiger charge is 2.39. The lowest BCUT2D eigenvalue weighted by molar-refractivity contribution is -0.139. The molecule has 14 heavy (non-hydrogen) atoms. The maximum atomic E-state index is 11.4. The van der Waals surface area contributed by atoms with Crippen LogP contribution >= 0.6 is 31.9 Å². The minimum absolute atomic E-state index is 0.209. The summed E-state index contributed by atoms with van der Waals surface area (Å²) >= 11 is 6.30. The number of hydrogen-bond acceptors (Lipinski definition) is 3. The van der Waals surface area contributed by atoms with Gasteiger partial charge in [0.15, 0.2) is 9.02 Å². The molecule has 0 saturated carbocycles. The van der Waals surface area contributed by atoms with E-state index in [0.29, 0.717) is 0 Å². The molecule has 1 rings (SSSR count). The van der Waals surface area contributed by atoms with Crippen LogP contribution in [0, 0.1) is 0 Å². The van der Waals surface area contributed by atoms with Crippen LogP contribution < -0.4 is 0 Å². The lowest BCUT2D eigenvalue weighted by atomic mass is 10.1. The Balaban J connectivity index is 2.87. The number of allylic oxidation sites excluding steroid dienone is 4. The van der Waals surface area contributed by atoms with Crippen molar-refractivity contribution < 1.29 is 14.3 Å². The normalized spacial score (nSPS) is 19.1. The van der Waals surface area contributed by atoms with E-state index in [9.17, 15) is 9.59 Å². The third-order valence-electron chi connectivity index (χ3n) is 1.63. The summed E-state index contributed by atoms with van der Waals surface area (Å²) in [4.78, 5) is 22.4. The highest BCUT2D eigenvalue weighted by Crippen LogP contribution is 2.38. The van der Waals surface area contributed by atoms with Crippen LogP contribution in [-0.4, -0.2) is 15.0 Å². The third kappa shape index (κ3) is 2.33. The number of ketones is 1. The van der Waals surface area contributed by atoms with Crippen LogP contribution in [0.1, 0.15) is 13.3 Å². The van der Waals surface area contributed by atoms with Crippen LogP contribution in [0.5, 0.6) is 0 Å². The minimum Gasteiger partial charge on any atom is -0.428 e. The van der Waals surface area contributed by atoms with Gasteiger partial charge in [0.05, 0.1) is 0 Å². The number of rotatable bonds is 2. The zero-order chi connectivity index (χ0) is 10.8. The van der Waals surface area contributed by atoms with E-state index in [1.54, 1.807) is 19.1 Å². The van der Waals surface area contributed by atoms with Gasteiger partial charge in [-0.25, -0.2) is 0 Å². The maximum absolute atomic E-state index is 11.4. The summed E-state index contributed by atoms with van der Waals surface area (Å²) in [7, 11) is 0. The van der Waals surface area contributed by atoms with E-state index in [0.717, 1.165) is 0 Å². The van der Waals surface area contributed by atoms with Gasteiger partial charge in [-0.05, 0) is 12.2 Å². The number of carbonyl (C=O) groups is 2. The van der Waals surface area contributed by atoms with E-state index < -0.39 is 3.23 Å². The van der Waals surface area contributed by atoms with Gasteiger partial charge in [0, 0.05) is 6.42 Å². The molecule has 0 saturated heterocycles. The van der Waals surface area contributed by atoms with Gasteiger partial charge in [-0.15, -0.1) is 0 Å².